The number of carbonyl (C=O) groups excluding carboxylic acids is 1. The number of amides is 1. The smallest absolute Gasteiger partial charge is 0.243 e. The van der Waals surface area contributed by atoms with Crippen LogP contribution in [0.5, 0.6) is 0 Å². The Hall–Kier alpha value is -1.74. The van der Waals surface area contributed by atoms with E-state index in [9.17, 15) is 9.18 Å². The maximum absolute atomic E-state index is 14.2. The van der Waals surface area contributed by atoms with Gasteiger partial charge in [0.1, 0.15) is 11.9 Å². The largest absolute Gasteiger partial charge is 0.373 e. The van der Waals surface area contributed by atoms with E-state index in [1.54, 1.807) is 6.07 Å². The van der Waals surface area contributed by atoms with E-state index in [0.29, 0.717) is 24.2 Å². The van der Waals surface area contributed by atoms with Crippen molar-refractivity contribution < 1.29 is 9.18 Å². The molecule has 4 aliphatic heterocycles. The second-order valence-electron chi connectivity index (χ2n) is 9.40. The van der Waals surface area contributed by atoms with E-state index in [2.05, 4.69) is 37.7 Å². The third-order valence-corrected chi connectivity index (χ3v) is 7.39. The van der Waals surface area contributed by atoms with Crippen LogP contribution in [0.3, 0.4) is 0 Å². The molecule has 4 unspecified atom stereocenters. The number of halogens is 1. The molecule has 0 bridgehead atoms. The predicted octanol–water partition coefficient (Wildman–Crippen LogP) is 0.554. The van der Waals surface area contributed by atoms with Crippen LogP contribution in [0, 0.1) is 12.7 Å². The summed E-state index contributed by atoms with van der Waals surface area (Å²) in [6.45, 7) is 8.19. The average Bonchev–Trinajstić information content (AvgIpc) is 3.39. The van der Waals surface area contributed by atoms with Crippen LogP contribution in [0.4, 0.5) is 10.1 Å². The number of hydrogen-bond donors (Lipinski definition) is 3. The molecule has 1 aromatic rings. The highest BCUT2D eigenvalue weighted by molar-refractivity contribution is 5.88. The molecule has 3 N–H and O–H groups in total. The summed E-state index contributed by atoms with van der Waals surface area (Å²) >= 11 is 0. The number of benzene rings is 1. The Labute approximate surface area is 178 Å². The van der Waals surface area contributed by atoms with Gasteiger partial charge in [-0.3, -0.25) is 14.6 Å². The Kier molecular flexibility index (Phi) is 5.43. The summed E-state index contributed by atoms with van der Waals surface area (Å²) in [6, 6.07) is 3.49. The molecule has 0 aromatic heterocycles. The molecule has 0 saturated carbocycles. The lowest BCUT2D eigenvalue weighted by Gasteiger charge is -2.48. The fraction of sp³-hybridized carbons (Fsp3) is 0.682. The standard InChI is InChI=1S/C22H33FN6O/c1-14-3-4-18(23)17-11-19(26-21(14)17)22(30)25-15-9-16-12-24-13-29(16)20(10-15)28-7-5-27(2)6-8-28/h3-4,15-16,19-20,24,26H,5-13H2,1-2H3,(H,25,30). The Morgan fingerprint density at radius 1 is 1.20 bits per heavy atom. The minimum Gasteiger partial charge on any atom is -0.373 e. The van der Waals surface area contributed by atoms with Crippen LogP contribution in [0.1, 0.15) is 24.0 Å². The van der Waals surface area contributed by atoms with Crippen LogP contribution in [0.2, 0.25) is 0 Å². The van der Waals surface area contributed by atoms with Gasteiger partial charge in [0.15, 0.2) is 0 Å². The van der Waals surface area contributed by atoms with E-state index in [4.69, 9.17) is 0 Å². The van der Waals surface area contributed by atoms with Gasteiger partial charge in [0, 0.05) is 69.1 Å². The van der Waals surface area contributed by atoms with Crippen molar-refractivity contribution in [3.63, 3.8) is 0 Å². The minimum absolute atomic E-state index is 0.00784. The number of piperidine rings is 1. The topological polar surface area (TPSA) is 62.9 Å². The summed E-state index contributed by atoms with van der Waals surface area (Å²) in [7, 11) is 2.18. The van der Waals surface area contributed by atoms with E-state index in [1.807, 2.05) is 6.92 Å². The van der Waals surface area contributed by atoms with Crippen molar-refractivity contribution in [2.75, 3.05) is 51.8 Å². The van der Waals surface area contributed by atoms with Gasteiger partial charge in [-0.05, 0) is 38.4 Å². The monoisotopic (exact) mass is 416 g/mol. The lowest BCUT2D eigenvalue weighted by molar-refractivity contribution is -0.123. The molecule has 3 saturated heterocycles. The minimum atomic E-state index is -0.391. The van der Waals surface area contributed by atoms with Gasteiger partial charge in [-0.15, -0.1) is 0 Å². The fourth-order valence-corrected chi connectivity index (χ4v) is 5.61. The molecule has 7 nitrogen and oxygen atoms in total. The van der Waals surface area contributed by atoms with Crippen LogP contribution in [-0.2, 0) is 11.2 Å². The number of hydrogen-bond acceptors (Lipinski definition) is 6. The van der Waals surface area contributed by atoms with E-state index < -0.39 is 6.04 Å². The number of nitrogens with zero attached hydrogens (tertiary/aromatic N) is 3. The zero-order valence-corrected chi connectivity index (χ0v) is 18.0. The van der Waals surface area contributed by atoms with Gasteiger partial charge in [0.05, 0.1) is 6.17 Å². The van der Waals surface area contributed by atoms with E-state index in [0.717, 1.165) is 63.5 Å². The van der Waals surface area contributed by atoms with Gasteiger partial charge in [-0.25, -0.2) is 4.39 Å². The third kappa shape index (κ3) is 3.70. The number of nitrogens with one attached hydrogen (secondary N) is 3. The second kappa shape index (κ2) is 8.07. The van der Waals surface area contributed by atoms with Gasteiger partial charge in [0.25, 0.3) is 0 Å². The molecule has 0 spiro atoms. The van der Waals surface area contributed by atoms with Crippen LogP contribution < -0.4 is 16.0 Å². The third-order valence-electron chi connectivity index (χ3n) is 7.39. The molecular formula is C22H33FN6O. The molecular weight excluding hydrogens is 383 g/mol. The zero-order valence-electron chi connectivity index (χ0n) is 18.0. The second-order valence-corrected chi connectivity index (χ2v) is 9.40. The average molecular weight is 417 g/mol. The number of carbonyl (C=O) groups is 1. The zero-order chi connectivity index (χ0) is 20.8. The molecule has 0 radical (unpaired) electrons. The van der Waals surface area contributed by atoms with Crippen molar-refractivity contribution in [1.29, 1.82) is 0 Å². The summed E-state index contributed by atoms with van der Waals surface area (Å²) in [6.07, 6.45) is 2.70. The Morgan fingerprint density at radius 3 is 2.77 bits per heavy atom. The first kappa shape index (κ1) is 20.2. The first-order chi connectivity index (χ1) is 14.5. The SMILES string of the molecule is Cc1ccc(F)c2c1NC(C(=O)NC1CC3CNCN3C(N3CCN(C)CC3)C1)C2. The van der Waals surface area contributed by atoms with Gasteiger partial charge >= 0.3 is 0 Å². The first-order valence-electron chi connectivity index (χ1n) is 11.2. The highest BCUT2D eigenvalue weighted by atomic mass is 19.1. The predicted molar refractivity (Wildman–Crippen MR) is 115 cm³/mol. The number of aryl methyl sites for hydroxylation is 1. The number of likely N-dealkylation sites (N-methyl/N-ethyl adjacent to an activating group) is 1. The molecule has 30 heavy (non-hydrogen) atoms. The normalized spacial score (nSPS) is 32.5. The molecule has 0 aliphatic carbocycles. The molecule has 1 amide bonds. The van der Waals surface area contributed by atoms with Crippen molar-refractivity contribution in [2.24, 2.45) is 0 Å². The first-order valence-corrected chi connectivity index (χ1v) is 11.2. The van der Waals surface area contributed by atoms with Crippen LogP contribution >= 0.6 is 0 Å². The van der Waals surface area contributed by atoms with Crippen molar-refractivity contribution >= 4 is 11.6 Å². The molecule has 4 aliphatic rings. The summed E-state index contributed by atoms with van der Waals surface area (Å²) in [4.78, 5) is 20.6. The summed E-state index contributed by atoms with van der Waals surface area (Å²) in [5.41, 5.74) is 2.42. The Bertz CT molecular complexity index is 780. The van der Waals surface area contributed by atoms with E-state index >= 15 is 0 Å². The van der Waals surface area contributed by atoms with Gasteiger partial charge in [-0.2, -0.15) is 0 Å². The molecule has 3 fully saturated rings. The quantitative estimate of drug-likeness (QED) is 0.669. The van der Waals surface area contributed by atoms with Gasteiger partial charge < -0.3 is 20.9 Å². The lowest BCUT2D eigenvalue weighted by atomic mass is 9.94. The Morgan fingerprint density at radius 2 is 2.00 bits per heavy atom. The van der Waals surface area contributed by atoms with Crippen molar-refractivity contribution in [1.82, 2.24) is 25.3 Å². The van der Waals surface area contributed by atoms with Gasteiger partial charge in [-0.1, -0.05) is 6.07 Å². The molecule has 4 heterocycles. The van der Waals surface area contributed by atoms with Crippen molar-refractivity contribution in [3.05, 3.63) is 29.1 Å². The highest BCUT2D eigenvalue weighted by Crippen LogP contribution is 2.32. The summed E-state index contributed by atoms with van der Waals surface area (Å²) in [5, 5.41) is 10.1. The Balaban J connectivity index is 1.25. The van der Waals surface area contributed by atoms with Crippen molar-refractivity contribution in [2.45, 2.75) is 50.5 Å². The van der Waals surface area contributed by atoms with E-state index in [-0.39, 0.29) is 17.8 Å². The highest BCUT2D eigenvalue weighted by Gasteiger charge is 2.42. The molecule has 1 aromatic carbocycles. The maximum Gasteiger partial charge on any atom is 0.243 e. The van der Waals surface area contributed by atoms with Crippen LogP contribution in [0.25, 0.3) is 0 Å². The number of anilines is 1. The van der Waals surface area contributed by atoms with E-state index in [1.165, 1.54) is 6.07 Å². The van der Waals surface area contributed by atoms with Gasteiger partial charge in [0.2, 0.25) is 5.91 Å². The van der Waals surface area contributed by atoms with Crippen LogP contribution in [-0.4, -0.2) is 91.3 Å². The number of fused-ring (bicyclic) bond motifs is 2. The fourth-order valence-electron chi connectivity index (χ4n) is 5.61. The maximum atomic E-state index is 14.2. The molecule has 8 heteroatoms. The molecule has 4 atom stereocenters. The number of piperazine rings is 1. The lowest BCUT2D eigenvalue weighted by Crippen LogP contribution is -2.62. The summed E-state index contributed by atoms with van der Waals surface area (Å²) < 4.78 is 14.2. The molecule has 164 valence electrons. The molecule has 5 rings (SSSR count). The van der Waals surface area contributed by atoms with Crippen molar-refractivity contribution in [3.8, 4) is 0 Å². The van der Waals surface area contributed by atoms with Crippen LogP contribution in [0.15, 0.2) is 12.1 Å². The summed E-state index contributed by atoms with van der Waals surface area (Å²) in [5.74, 6) is -0.231. The number of rotatable bonds is 3.